The average molecular weight is 265 g/mol. The van der Waals surface area contributed by atoms with E-state index in [0.29, 0.717) is 21.7 Å². The van der Waals surface area contributed by atoms with E-state index in [1.54, 1.807) is 37.3 Å². The van der Waals surface area contributed by atoms with Crippen LogP contribution in [0.15, 0.2) is 24.4 Å². The molecule has 1 rings (SSSR count). The Morgan fingerprint density at radius 1 is 1.50 bits per heavy atom. The lowest BCUT2D eigenvalue weighted by Gasteiger charge is -2.12. The predicted octanol–water partition coefficient (Wildman–Crippen LogP) is 2.29. The molecule has 0 radical (unpaired) electrons. The van der Waals surface area contributed by atoms with Gasteiger partial charge >= 0.3 is 5.97 Å². The van der Waals surface area contributed by atoms with E-state index >= 15 is 0 Å². The average Bonchev–Trinajstić information content (AvgIpc) is 2.35. The van der Waals surface area contributed by atoms with E-state index in [-0.39, 0.29) is 0 Å². The molecule has 0 aromatic heterocycles. The van der Waals surface area contributed by atoms with Gasteiger partial charge < -0.3 is 9.64 Å². The lowest BCUT2D eigenvalue weighted by molar-refractivity contribution is -0.133. The summed E-state index contributed by atoms with van der Waals surface area (Å²) in [5.74, 6) is -0.477. The fourth-order valence-electron chi connectivity index (χ4n) is 1.40. The summed E-state index contributed by atoms with van der Waals surface area (Å²) in [6, 6.07) is 6.74. The van der Waals surface area contributed by atoms with Gasteiger partial charge in [-0.05, 0) is 12.1 Å². The Kier molecular flexibility index (Phi) is 4.75. The predicted molar refractivity (Wildman–Crippen MR) is 69.8 cm³/mol. The Morgan fingerprint density at radius 2 is 2.17 bits per heavy atom. The fourth-order valence-corrected chi connectivity index (χ4v) is 1.69. The third-order valence-electron chi connectivity index (χ3n) is 2.18. The van der Waals surface area contributed by atoms with E-state index in [2.05, 4.69) is 0 Å². The summed E-state index contributed by atoms with van der Waals surface area (Å²) in [5, 5.41) is 9.11. The van der Waals surface area contributed by atoms with Crippen molar-refractivity contribution in [2.45, 2.75) is 0 Å². The quantitative estimate of drug-likeness (QED) is 0.621. The number of carbonyl (C=O) groups excluding carboxylic acids is 1. The van der Waals surface area contributed by atoms with Crippen LogP contribution >= 0.6 is 11.6 Å². The molecule has 0 aliphatic rings. The van der Waals surface area contributed by atoms with Gasteiger partial charge in [0.2, 0.25) is 0 Å². The maximum absolute atomic E-state index is 11.7. The van der Waals surface area contributed by atoms with Gasteiger partial charge in [0.1, 0.15) is 0 Å². The number of hydrogen-bond acceptors (Lipinski definition) is 4. The van der Waals surface area contributed by atoms with Crippen molar-refractivity contribution in [1.82, 2.24) is 4.90 Å². The summed E-state index contributed by atoms with van der Waals surface area (Å²) >= 11 is 6.07. The number of benzene rings is 1. The highest BCUT2D eigenvalue weighted by Gasteiger charge is 2.16. The van der Waals surface area contributed by atoms with Gasteiger partial charge in [-0.25, -0.2) is 4.79 Å². The summed E-state index contributed by atoms with van der Waals surface area (Å²) in [6.07, 6.45) is 1.62. The first-order valence-electron chi connectivity index (χ1n) is 5.16. The molecule has 94 valence electrons. The zero-order valence-electron chi connectivity index (χ0n) is 10.4. The van der Waals surface area contributed by atoms with Crippen LogP contribution in [0.1, 0.15) is 11.1 Å². The van der Waals surface area contributed by atoms with Gasteiger partial charge in [-0.3, -0.25) is 0 Å². The molecule has 0 saturated carbocycles. The van der Waals surface area contributed by atoms with Crippen molar-refractivity contribution in [3.8, 4) is 6.07 Å². The van der Waals surface area contributed by atoms with Crippen LogP contribution in [-0.4, -0.2) is 32.1 Å². The molecule has 0 N–H and O–H groups in total. The first-order valence-corrected chi connectivity index (χ1v) is 5.54. The number of ether oxygens (including phenoxy) is 1. The van der Waals surface area contributed by atoms with Gasteiger partial charge in [-0.2, -0.15) is 5.26 Å². The molecule has 0 amide bonds. The van der Waals surface area contributed by atoms with Gasteiger partial charge in [0.05, 0.1) is 29.3 Å². The SMILES string of the molecule is COC(=O)/C(=C\N(C)C)c1ccc(C#N)cc1Cl. The number of methoxy groups -OCH3 is 1. The van der Waals surface area contributed by atoms with Crippen LogP contribution in [0.25, 0.3) is 5.57 Å². The Morgan fingerprint density at radius 3 is 2.61 bits per heavy atom. The van der Waals surface area contributed by atoms with Crippen LogP contribution in [0, 0.1) is 11.3 Å². The number of hydrogen-bond donors (Lipinski definition) is 0. The molecule has 0 aliphatic heterocycles. The second-order valence-electron chi connectivity index (χ2n) is 3.80. The Balaban J connectivity index is 3.31. The van der Waals surface area contributed by atoms with Crippen LogP contribution in [-0.2, 0) is 9.53 Å². The number of carbonyl (C=O) groups is 1. The molecule has 18 heavy (non-hydrogen) atoms. The lowest BCUT2D eigenvalue weighted by atomic mass is 10.0. The molecule has 1 aromatic rings. The van der Waals surface area contributed by atoms with Gasteiger partial charge in [-0.1, -0.05) is 17.7 Å². The lowest BCUT2D eigenvalue weighted by Crippen LogP contribution is -2.10. The van der Waals surface area contributed by atoms with Crippen LogP contribution < -0.4 is 0 Å². The fraction of sp³-hybridized carbons (Fsp3) is 0.231. The molecule has 0 heterocycles. The van der Waals surface area contributed by atoms with Crippen molar-refractivity contribution < 1.29 is 9.53 Å². The minimum absolute atomic E-state index is 0.340. The molecule has 5 heteroatoms. The Labute approximate surface area is 111 Å². The third-order valence-corrected chi connectivity index (χ3v) is 2.49. The molecule has 4 nitrogen and oxygen atoms in total. The third kappa shape index (κ3) is 3.25. The van der Waals surface area contributed by atoms with Crippen LogP contribution in [0.2, 0.25) is 5.02 Å². The van der Waals surface area contributed by atoms with Gasteiger partial charge in [0.15, 0.2) is 0 Å². The van der Waals surface area contributed by atoms with Crippen molar-refractivity contribution in [1.29, 1.82) is 5.26 Å². The molecule has 0 saturated heterocycles. The summed E-state index contributed by atoms with van der Waals surface area (Å²) in [7, 11) is 4.89. The van der Waals surface area contributed by atoms with Crippen molar-refractivity contribution in [3.63, 3.8) is 0 Å². The van der Waals surface area contributed by atoms with E-state index in [4.69, 9.17) is 21.6 Å². The molecule has 0 bridgehead atoms. The number of nitrogens with zero attached hydrogens (tertiary/aromatic N) is 2. The molecule has 0 spiro atoms. The topological polar surface area (TPSA) is 53.3 Å². The summed E-state index contributed by atoms with van der Waals surface area (Å²) in [5.41, 5.74) is 1.33. The molecular formula is C13H13ClN2O2. The highest BCUT2D eigenvalue weighted by atomic mass is 35.5. The maximum atomic E-state index is 11.7. The zero-order valence-corrected chi connectivity index (χ0v) is 11.2. The minimum Gasteiger partial charge on any atom is -0.465 e. The van der Waals surface area contributed by atoms with Crippen LogP contribution in [0.5, 0.6) is 0 Å². The molecule has 0 atom stereocenters. The normalized spacial score (nSPS) is 10.7. The Bertz CT molecular complexity index is 530. The Hall–Kier alpha value is -1.99. The first kappa shape index (κ1) is 14.1. The molecular weight excluding hydrogens is 252 g/mol. The highest BCUT2D eigenvalue weighted by Crippen LogP contribution is 2.26. The monoisotopic (exact) mass is 264 g/mol. The summed E-state index contributed by atoms with van der Waals surface area (Å²) in [6.45, 7) is 0. The highest BCUT2D eigenvalue weighted by molar-refractivity contribution is 6.34. The molecule has 1 aromatic carbocycles. The number of nitriles is 1. The summed E-state index contributed by atoms with van der Waals surface area (Å²) in [4.78, 5) is 13.4. The second-order valence-corrected chi connectivity index (χ2v) is 4.21. The van der Waals surface area contributed by atoms with E-state index in [1.165, 1.54) is 13.2 Å². The minimum atomic E-state index is -0.477. The second kappa shape index (κ2) is 6.08. The van der Waals surface area contributed by atoms with Crippen molar-refractivity contribution in [2.75, 3.05) is 21.2 Å². The van der Waals surface area contributed by atoms with Crippen molar-refractivity contribution in [3.05, 3.63) is 40.5 Å². The van der Waals surface area contributed by atoms with Crippen LogP contribution in [0.3, 0.4) is 0 Å². The van der Waals surface area contributed by atoms with E-state index in [0.717, 1.165) is 0 Å². The number of halogens is 1. The van der Waals surface area contributed by atoms with E-state index in [1.807, 2.05) is 6.07 Å². The van der Waals surface area contributed by atoms with Crippen LogP contribution in [0.4, 0.5) is 0 Å². The van der Waals surface area contributed by atoms with E-state index < -0.39 is 5.97 Å². The smallest absolute Gasteiger partial charge is 0.340 e. The van der Waals surface area contributed by atoms with Crippen molar-refractivity contribution in [2.24, 2.45) is 0 Å². The van der Waals surface area contributed by atoms with Gasteiger partial charge in [0.25, 0.3) is 0 Å². The molecule has 0 unspecified atom stereocenters. The van der Waals surface area contributed by atoms with Gasteiger partial charge in [0, 0.05) is 25.9 Å². The van der Waals surface area contributed by atoms with Gasteiger partial charge in [-0.15, -0.1) is 0 Å². The zero-order chi connectivity index (χ0) is 13.7. The van der Waals surface area contributed by atoms with Crippen molar-refractivity contribution >= 4 is 23.1 Å². The molecule has 0 aliphatic carbocycles. The summed E-state index contributed by atoms with van der Waals surface area (Å²) < 4.78 is 4.72. The first-order chi connectivity index (χ1) is 8.49. The maximum Gasteiger partial charge on any atom is 0.340 e. The molecule has 0 fully saturated rings. The number of rotatable bonds is 3. The van der Waals surface area contributed by atoms with E-state index in [9.17, 15) is 4.79 Å². The standard InChI is InChI=1S/C13H13ClN2O2/c1-16(2)8-11(13(17)18-3)10-5-4-9(7-15)6-12(10)14/h4-6,8H,1-3H3/b11-8-. The largest absolute Gasteiger partial charge is 0.465 e. The number of esters is 1.